The van der Waals surface area contributed by atoms with Crippen molar-refractivity contribution in [2.24, 2.45) is 0 Å². The average molecular weight is 299 g/mol. The zero-order valence-corrected chi connectivity index (χ0v) is 12.2. The van der Waals surface area contributed by atoms with Gasteiger partial charge in [0.05, 0.1) is 4.90 Å². The molecule has 1 aliphatic carbocycles. The van der Waals surface area contributed by atoms with E-state index >= 15 is 0 Å². The average Bonchev–Trinajstić information content (AvgIpc) is 3.13. The van der Waals surface area contributed by atoms with Crippen LogP contribution in [-0.2, 0) is 21.3 Å². The number of aromatic nitrogens is 1. The van der Waals surface area contributed by atoms with E-state index in [2.05, 4.69) is 15.0 Å². The molecule has 1 saturated carbocycles. The van der Waals surface area contributed by atoms with E-state index in [-0.39, 0.29) is 6.04 Å². The standard InChI is InChI=1S/C13H21N3O3S/c17-20(18,16-11-3-5-19-6-4-11)13-7-12(15-9-13)8-14-10-1-2-10/h7,9-11,14-16H,1-6,8H2. The second kappa shape index (κ2) is 5.85. The van der Waals surface area contributed by atoms with Crippen LogP contribution in [-0.4, -0.2) is 38.7 Å². The second-order valence-corrected chi connectivity index (χ2v) is 7.24. The van der Waals surface area contributed by atoms with Crippen LogP contribution < -0.4 is 10.0 Å². The van der Waals surface area contributed by atoms with E-state index in [1.165, 1.54) is 12.8 Å². The summed E-state index contributed by atoms with van der Waals surface area (Å²) in [5, 5.41) is 3.36. The Kier molecular flexibility index (Phi) is 4.11. The molecule has 0 bridgehead atoms. The first-order chi connectivity index (χ1) is 9.63. The van der Waals surface area contributed by atoms with Gasteiger partial charge in [0, 0.05) is 43.7 Å². The fraction of sp³-hybridized carbons (Fsp3) is 0.692. The van der Waals surface area contributed by atoms with Gasteiger partial charge in [0.2, 0.25) is 10.0 Å². The molecule has 3 rings (SSSR count). The first-order valence-corrected chi connectivity index (χ1v) is 8.62. The molecule has 0 amide bonds. The molecule has 0 unspecified atom stereocenters. The molecule has 0 radical (unpaired) electrons. The summed E-state index contributed by atoms with van der Waals surface area (Å²) < 4.78 is 32.5. The Balaban J connectivity index is 1.60. The van der Waals surface area contributed by atoms with Crippen LogP contribution in [0.4, 0.5) is 0 Å². The molecule has 1 saturated heterocycles. The first kappa shape index (κ1) is 14.1. The van der Waals surface area contributed by atoms with E-state index in [1.807, 2.05) is 0 Å². The number of hydrogen-bond donors (Lipinski definition) is 3. The number of rotatable bonds is 6. The number of ether oxygens (including phenoxy) is 1. The van der Waals surface area contributed by atoms with Gasteiger partial charge in [-0.3, -0.25) is 0 Å². The van der Waals surface area contributed by atoms with Gasteiger partial charge < -0.3 is 15.0 Å². The van der Waals surface area contributed by atoms with E-state index in [0.29, 0.717) is 30.7 Å². The van der Waals surface area contributed by atoms with Crippen LogP contribution in [0.2, 0.25) is 0 Å². The van der Waals surface area contributed by atoms with E-state index in [1.54, 1.807) is 12.3 Å². The van der Waals surface area contributed by atoms with Crippen LogP contribution in [0.15, 0.2) is 17.2 Å². The smallest absolute Gasteiger partial charge is 0.242 e. The van der Waals surface area contributed by atoms with Crippen molar-refractivity contribution in [2.45, 2.75) is 49.2 Å². The molecular weight excluding hydrogens is 278 g/mol. The summed E-state index contributed by atoms with van der Waals surface area (Å²) in [7, 11) is -3.43. The maximum Gasteiger partial charge on any atom is 0.242 e. The molecule has 0 spiro atoms. The predicted molar refractivity (Wildman–Crippen MR) is 74.8 cm³/mol. The minimum Gasteiger partial charge on any atom is -0.381 e. The van der Waals surface area contributed by atoms with E-state index in [4.69, 9.17) is 4.74 Å². The molecule has 1 aromatic heterocycles. The van der Waals surface area contributed by atoms with Gasteiger partial charge in [0.25, 0.3) is 0 Å². The van der Waals surface area contributed by atoms with Crippen LogP contribution in [0.25, 0.3) is 0 Å². The quantitative estimate of drug-likeness (QED) is 0.723. The monoisotopic (exact) mass is 299 g/mol. The van der Waals surface area contributed by atoms with Crippen molar-refractivity contribution < 1.29 is 13.2 Å². The van der Waals surface area contributed by atoms with Crippen molar-refractivity contribution in [2.75, 3.05) is 13.2 Å². The van der Waals surface area contributed by atoms with Gasteiger partial charge in [0.1, 0.15) is 0 Å². The Labute approximate surface area is 119 Å². The number of sulfonamides is 1. The maximum atomic E-state index is 12.3. The van der Waals surface area contributed by atoms with Crippen molar-refractivity contribution >= 4 is 10.0 Å². The predicted octanol–water partition coefficient (Wildman–Crippen LogP) is 0.724. The van der Waals surface area contributed by atoms with Crippen LogP contribution in [0.5, 0.6) is 0 Å². The lowest BCUT2D eigenvalue weighted by Gasteiger charge is -2.22. The van der Waals surface area contributed by atoms with Gasteiger partial charge >= 0.3 is 0 Å². The minimum absolute atomic E-state index is 0.0170. The third-order valence-corrected chi connectivity index (χ3v) is 5.23. The van der Waals surface area contributed by atoms with Gasteiger partial charge in [-0.2, -0.15) is 0 Å². The summed E-state index contributed by atoms with van der Waals surface area (Å²) in [6.07, 6.45) is 5.47. The summed E-state index contributed by atoms with van der Waals surface area (Å²) in [5.41, 5.74) is 0.907. The van der Waals surface area contributed by atoms with Gasteiger partial charge in [-0.15, -0.1) is 0 Å². The summed E-state index contributed by atoms with van der Waals surface area (Å²) in [6.45, 7) is 1.94. The molecule has 3 N–H and O–H groups in total. The fourth-order valence-electron chi connectivity index (χ4n) is 2.32. The zero-order chi connectivity index (χ0) is 14.0. The lowest BCUT2D eigenvalue weighted by molar-refractivity contribution is 0.0832. The van der Waals surface area contributed by atoms with E-state index < -0.39 is 10.0 Å². The fourth-order valence-corrected chi connectivity index (χ4v) is 3.64. The number of hydrogen-bond acceptors (Lipinski definition) is 4. The minimum atomic E-state index is -3.43. The number of nitrogens with one attached hydrogen (secondary N) is 3. The number of H-pyrrole nitrogens is 1. The number of aromatic amines is 1. The molecule has 112 valence electrons. The second-order valence-electron chi connectivity index (χ2n) is 5.52. The Morgan fingerprint density at radius 2 is 1.95 bits per heavy atom. The third kappa shape index (κ3) is 3.60. The molecular formula is C13H21N3O3S. The van der Waals surface area contributed by atoms with Crippen molar-refractivity contribution in [1.82, 2.24) is 15.0 Å². The molecule has 20 heavy (non-hydrogen) atoms. The van der Waals surface area contributed by atoms with Crippen molar-refractivity contribution in [1.29, 1.82) is 0 Å². The summed E-state index contributed by atoms with van der Waals surface area (Å²) in [4.78, 5) is 3.34. The molecule has 1 aliphatic heterocycles. The molecule has 7 heteroatoms. The molecule has 2 aliphatic rings. The summed E-state index contributed by atoms with van der Waals surface area (Å²) in [6, 6.07) is 2.30. The molecule has 6 nitrogen and oxygen atoms in total. The van der Waals surface area contributed by atoms with Gasteiger partial charge in [-0.05, 0) is 31.7 Å². The Bertz CT molecular complexity index is 545. The van der Waals surface area contributed by atoms with Crippen molar-refractivity contribution in [3.8, 4) is 0 Å². The van der Waals surface area contributed by atoms with Crippen LogP contribution in [0, 0.1) is 0 Å². The van der Waals surface area contributed by atoms with Crippen LogP contribution >= 0.6 is 0 Å². The normalized spacial score (nSPS) is 21.2. The van der Waals surface area contributed by atoms with Crippen LogP contribution in [0.3, 0.4) is 0 Å². The highest BCUT2D eigenvalue weighted by atomic mass is 32.2. The summed E-state index contributed by atoms with van der Waals surface area (Å²) >= 11 is 0. The maximum absolute atomic E-state index is 12.3. The third-order valence-electron chi connectivity index (χ3n) is 3.73. The lowest BCUT2D eigenvalue weighted by Crippen LogP contribution is -2.38. The van der Waals surface area contributed by atoms with Crippen molar-refractivity contribution in [3.63, 3.8) is 0 Å². The van der Waals surface area contributed by atoms with E-state index in [0.717, 1.165) is 18.5 Å². The molecule has 0 atom stereocenters. The zero-order valence-electron chi connectivity index (χ0n) is 11.4. The summed E-state index contributed by atoms with van der Waals surface area (Å²) in [5.74, 6) is 0. The lowest BCUT2D eigenvalue weighted by atomic mass is 10.1. The molecule has 1 aromatic rings. The Hall–Kier alpha value is -0.890. The van der Waals surface area contributed by atoms with Gasteiger partial charge in [0.15, 0.2) is 0 Å². The van der Waals surface area contributed by atoms with Crippen LogP contribution in [0.1, 0.15) is 31.4 Å². The first-order valence-electron chi connectivity index (χ1n) is 7.14. The Morgan fingerprint density at radius 3 is 2.65 bits per heavy atom. The highest BCUT2D eigenvalue weighted by molar-refractivity contribution is 7.89. The van der Waals surface area contributed by atoms with Gasteiger partial charge in [-0.1, -0.05) is 0 Å². The highest BCUT2D eigenvalue weighted by Gasteiger charge is 2.24. The highest BCUT2D eigenvalue weighted by Crippen LogP contribution is 2.20. The topological polar surface area (TPSA) is 83.2 Å². The van der Waals surface area contributed by atoms with Crippen molar-refractivity contribution in [3.05, 3.63) is 18.0 Å². The Morgan fingerprint density at radius 1 is 1.20 bits per heavy atom. The van der Waals surface area contributed by atoms with Gasteiger partial charge in [-0.25, -0.2) is 13.1 Å². The van der Waals surface area contributed by atoms with E-state index in [9.17, 15) is 8.42 Å². The largest absolute Gasteiger partial charge is 0.381 e. The molecule has 2 heterocycles. The molecule has 0 aromatic carbocycles. The molecule has 2 fully saturated rings. The SMILES string of the molecule is O=S(=O)(NC1CCOCC1)c1c[nH]c(CNC2CC2)c1.